The van der Waals surface area contributed by atoms with Gasteiger partial charge in [0, 0.05) is 18.2 Å². The number of nitrogens with one attached hydrogen (secondary N) is 1. The summed E-state index contributed by atoms with van der Waals surface area (Å²) in [5.41, 5.74) is 5.17. The van der Waals surface area contributed by atoms with Crippen LogP contribution in [0.5, 0.6) is 0 Å². The van der Waals surface area contributed by atoms with Gasteiger partial charge in [-0.1, -0.05) is 12.1 Å². The van der Waals surface area contributed by atoms with Gasteiger partial charge in [-0.2, -0.15) is 0 Å². The number of rotatable bonds is 3. The molecule has 0 aliphatic rings. The Morgan fingerprint density at radius 1 is 1.53 bits per heavy atom. The van der Waals surface area contributed by atoms with E-state index in [1.165, 1.54) is 7.11 Å². The second-order valence-corrected chi connectivity index (χ2v) is 3.07. The highest BCUT2D eigenvalue weighted by Gasteiger charge is 2.04. The maximum Gasteiger partial charge on any atom is 0.152 e. The van der Waals surface area contributed by atoms with E-state index in [1.807, 2.05) is 19.1 Å². The minimum atomic E-state index is 0.637. The second kappa shape index (κ2) is 5.26. The molecule has 0 heterocycles. The van der Waals surface area contributed by atoms with Crippen LogP contribution in [0.3, 0.4) is 0 Å². The highest BCUT2D eigenvalue weighted by atomic mass is 16.6. The summed E-state index contributed by atoms with van der Waals surface area (Å²) in [6.45, 7) is 1.88. The first-order valence-corrected chi connectivity index (χ1v) is 4.55. The molecule has 1 N–H and O–H groups in total. The molecule has 0 fully saturated rings. The molecule has 0 spiro atoms. The summed E-state index contributed by atoms with van der Waals surface area (Å²) in [6.07, 6.45) is 0.839. The first-order chi connectivity index (χ1) is 7.22. The van der Waals surface area contributed by atoms with Crippen molar-refractivity contribution in [3.63, 3.8) is 0 Å². The largest absolute Gasteiger partial charge is 0.298 e. The van der Waals surface area contributed by atoms with Crippen LogP contribution in [0.2, 0.25) is 0 Å². The Morgan fingerprint density at radius 3 is 2.73 bits per heavy atom. The summed E-state index contributed by atoms with van der Waals surface area (Å²) >= 11 is 0. The number of aldehydes is 1. The van der Waals surface area contributed by atoms with Crippen molar-refractivity contribution < 1.29 is 9.63 Å². The predicted octanol–water partition coefficient (Wildman–Crippen LogP) is 1.33. The van der Waals surface area contributed by atoms with E-state index in [0.717, 1.165) is 17.4 Å². The predicted molar refractivity (Wildman–Crippen MR) is 59.2 cm³/mol. The summed E-state index contributed by atoms with van der Waals surface area (Å²) < 4.78 is 0. The molecule has 0 atom stereocenters. The van der Waals surface area contributed by atoms with E-state index in [-0.39, 0.29) is 0 Å². The summed E-state index contributed by atoms with van der Waals surface area (Å²) in [4.78, 5) is 19.5. The zero-order chi connectivity index (χ0) is 11.3. The summed E-state index contributed by atoms with van der Waals surface area (Å²) in [5.74, 6) is 0.637. The number of aryl methyl sites for hydroxylation is 1. The van der Waals surface area contributed by atoms with Gasteiger partial charge in [-0.05, 0) is 18.6 Å². The van der Waals surface area contributed by atoms with Crippen LogP contribution in [0.4, 0.5) is 0 Å². The van der Waals surface area contributed by atoms with Crippen molar-refractivity contribution in [3.05, 3.63) is 34.9 Å². The molecule has 0 amide bonds. The highest BCUT2D eigenvalue weighted by molar-refractivity contribution is 5.98. The fourth-order valence-electron chi connectivity index (χ4n) is 1.29. The van der Waals surface area contributed by atoms with Crippen molar-refractivity contribution in [3.8, 4) is 0 Å². The van der Waals surface area contributed by atoms with Crippen LogP contribution >= 0.6 is 0 Å². The lowest BCUT2D eigenvalue weighted by molar-refractivity contribution is 0.112. The van der Waals surface area contributed by atoms with Crippen molar-refractivity contribution in [1.82, 2.24) is 5.48 Å². The van der Waals surface area contributed by atoms with Crippen molar-refractivity contribution in [2.75, 3.05) is 14.2 Å². The van der Waals surface area contributed by atoms with Crippen LogP contribution in [-0.2, 0) is 4.84 Å². The summed E-state index contributed by atoms with van der Waals surface area (Å²) in [6, 6.07) is 5.48. The lowest BCUT2D eigenvalue weighted by atomic mass is 10.1. The lowest BCUT2D eigenvalue weighted by Crippen LogP contribution is -2.23. The minimum absolute atomic E-state index is 0.637. The molecule has 1 aromatic carbocycles. The zero-order valence-corrected chi connectivity index (χ0v) is 9.07. The molecule has 15 heavy (non-hydrogen) atoms. The van der Waals surface area contributed by atoms with Crippen molar-refractivity contribution in [2.45, 2.75) is 6.92 Å². The molecule has 0 aliphatic carbocycles. The van der Waals surface area contributed by atoms with Gasteiger partial charge < -0.3 is 0 Å². The standard InChI is InChI=1S/C11H14N2O2/c1-8-6-9(4-5-10(8)7-14)11(12-2)13-15-3/h4-7H,1-3H3,(H,12,13). The molecular formula is C11H14N2O2. The van der Waals surface area contributed by atoms with Crippen molar-refractivity contribution >= 4 is 12.1 Å². The Kier molecular flexibility index (Phi) is 4.00. The number of aliphatic imine (C=N–C) groups is 1. The Bertz CT molecular complexity index is 386. The molecule has 0 radical (unpaired) electrons. The summed E-state index contributed by atoms with van der Waals surface area (Å²) in [7, 11) is 3.20. The van der Waals surface area contributed by atoms with E-state index in [0.29, 0.717) is 11.4 Å². The molecule has 1 rings (SSSR count). The number of amidine groups is 1. The fourth-order valence-corrected chi connectivity index (χ4v) is 1.29. The molecule has 0 bridgehead atoms. The molecule has 1 aromatic rings. The number of hydrogen-bond acceptors (Lipinski definition) is 3. The molecule has 0 unspecified atom stereocenters. The Morgan fingerprint density at radius 2 is 2.27 bits per heavy atom. The Hall–Kier alpha value is -1.68. The maximum atomic E-state index is 10.6. The quantitative estimate of drug-likeness (QED) is 0.351. The van der Waals surface area contributed by atoms with Crippen molar-refractivity contribution in [1.29, 1.82) is 0 Å². The number of carbonyl (C=O) groups is 1. The molecule has 0 aromatic heterocycles. The van der Waals surface area contributed by atoms with E-state index in [4.69, 9.17) is 4.84 Å². The van der Waals surface area contributed by atoms with Gasteiger partial charge in [0.25, 0.3) is 0 Å². The first kappa shape index (κ1) is 11.4. The van der Waals surface area contributed by atoms with Gasteiger partial charge in [0.15, 0.2) is 5.84 Å². The molecule has 80 valence electrons. The monoisotopic (exact) mass is 206 g/mol. The molecule has 0 saturated carbocycles. The van der Waals surface area contributed by atoms with E-state index >= 15 is 0 Å². The first-order valence-electron chi connectivity index (χ1n) is 4.55. The van der Waals surface area contributed by atoms with Crippen LogP contribution in [0.25, 0.3) is 0 Å². The number of benzene rings is 1. The molecule has 4 heteroatoms. The van der Waals surface area contributed by atoms with E-state index in [2.05, 4.69) is 10.5 Å². The van der Waals surface area contributed by atoms with Crippen LogP contribution in [-0.4, -0.2) is 26.3 Å². The van der Waals surface area contributed by atoms with Gasteiger partial charge in [0.2, 0.25) is 0 Å². The zero-order valence-electron chi connectivity index (χ0n) is 9.07. The lowest BCUT2D eigenvalue weighted by Gasteiger charge is -2.08. The van der Waals surface area contributed by atoms with Crippen LogP contribution < -0.4 is 5.48 Å². The van der Waals surface area contributed by atoms with Crippen molar-refractivity contribution in [2.24, 2.45) is 4.99 Å². The van der Waals surface area contributed by atoms with Gasteiger partial charge in [-0.25, -0.2) is 5.48 Å². The highest BCUT2D eigenvalue weighted by Crippen LogP contribution is 2.09. The van der Waals surface area contributed by atoms with E-state index < -0.39 is 0 Å². The van der Waals surface area contributed by atoms with Gasteiger partial charge in [-0.15, -0.1) is 0 Å². The average Bonchev–Trinajstić information content (AvgIpc) is 2.25. The Labute approximate surface area is 88.9 Å². The molecule has 0 saturated heterocycles. The normalized spacial score (nSPS) is 11.3. The number of carbonyl (C=O) groups excluding carboxylic acids is 1. The fraction of sp³-hybridized carbons (Fsp3) is 0.273. The van der Waals surface area contributed by atoms with Crippen LogP contribution in [0, 0.1) is 6.92 Å². The summed E-state index contributed by atoms with van der Waals surface area (Å²) in [5, 5.41) is 0. The maximum absolute atomic E-state index is 10.6. The number of hydroxylamine groups is 1. The molecule has 4 nitrogen and oxygen atoms in total. The molecule has 0 aliphatic heterocycles. The molecular weight excluding hydrogens is 192 g/mol. The topological polar surface area (TPSA) is 50.7 Å². The minimum Gasteiger partial charge on any atom is -0.298 e. The van der Waals surface area contributed by atoms with E-state index in [1.54, 1.807) is 13.1 Å². The van der Waals surface area contributed by atoms with Crippen LogP contribution in [0.1, 0.15) is 21.5 Å². The van der Waals surface area contributed by atoms with Gasteiger partial charge in [-0.3, -0.25) is 14.6 Å². The number of nitrogens with zero attached hydrogens (tertiary/aromatic N) is 1. The van der Waals surface area contributed by atoms with Gasteiger partial charge in [0.1, 0.15) is 6.29 Å². The SMILES string of the molecule is CN=C(NOC)c1ccc(C=O)c(C)c1. The van der Waals surface area contributed by atoms with Gasteiger partial charge in [0.05, 0.1) is 7.11 Å². The average molecular weight is 206 g/mol. The smallest absolute Gasteiger partial charge is 0.152 e. The second-order valence-electron chi connectivity index (χ2n) is 3.07. The third-order valence-corrected chi connectivity index (χ3v) is 2.09. The Balaban J connectivity index is 3.05. The third kappa shape index (κ3) is 2.63. The van der Waals surface area contributed by atoms with E-state index in [9.17, 15) is 4.79 Å². The number of hydrogen-bond donors (Lipinski definition) is 1. The third-order valence-electron chi connectivity index (χ3n) is 2.09. The van der Waals surface area contributed by atoms with Gasteiger partial charge >= 0.3 is 0 Å². The van der Waals surface area contributed by atoms with Crippen LogP contribution in [0.15, 0.2) is 23.2 Å².